The van der Waals surface area contributed by atoms with E-state index < -0.39 is 0 Å². The average Bonchev–Trinajstić information content (AvgIpc) is 3.71. The lowest BCUT2D eigenvalue weighted by atomic mass is 9.85. The topological polar surface area (TPSA) is 122 Å². The zero-order valence-corrected chi connectivity index (χ0v) is 22.1. The lowest BCUT2D eigenvalue weighted by molar-refractivity contribution is 0.0568. The van der Waals surface area contributed by atoms with Crippen LogP contribution in [0.25, 0.3) is 28.0 Å². The van der Waals surface area contributed by atoms with E-state index in [4.69, 9.17) is 10.7 Å². The van der Waals surface area contributed by atoms with Crippen molar-refractivity contribution in [2.45, 2.75) is 50.6 Å². The molecule has 4 aromatic heterocycles. The fourth-order valence-electron chi connectivity index (χ4n) is 6.56. The van der Waals surface area contributed by atoms with Gasteiger partial charge in [-0.1, -0.05) is 36.4 Å². The third-order valence-electron chi connectivity index (χ3n) is 8.41. The van der Waals surface area contributed by atoms with E-state index in [1.165, 1.54) is 6.92 Å². The van der Waals surface area contributed by atoms with Crippen LogP contribution in [0.2, 0.25) is 0 Å². The number of nitrogens with two attached hydrogens (primary N) is 1. The SMILES string of the molecule is CC(=O)c1c(C2CC3CC[C@H](C2)N3C(=O)c2cc[nH]c2)nc2c(-c3ccc(-c4ccccc4)nc3)cnn2c1N. The fraction of sp³-hybridized carbons (Fsp3) is 0.258. The first-order valence-electron chi connectivity index (χ1n) is 13.6. The normalized spacial score (nSPS) is 20.2. The van der Waals surface area contributed by atoms with Crippen LogP contribution in [0.1, 0.15) is 64.9 Å². The van der Waals surface area contributed by atoms with Gasteiger partial charge in [-0.15, -0.1) is 0 Å². The quantitative estimate of drug-likeness (QED) is 0.304. The van der Waals surface area contributed by atoms with Crippen molar-refractivity contribution in [3.05, 3.63) is 90.1 Å². The van der Waals surface area contributed by atoms with Gasteiger partial charge in [-0.2, -0.15) is 9.61 Å². The molecule has 0 spiro atoms. The zero-order chi connectivity index (χ0) is 27.4. The van der Waals surface area contributed by atoms with Crippen molar-refractivity contribution in [2.24, 2.45) is 0 Å². The maximum Gasteiger partial charge on any atom is 0.255 e. The van der Waals surface area contributed by atoms with Gasteiger partial charge in [0.2, 0.25) is 0 Å². The van der Waals surface area contributed by atoms with E-state index >= 15 is 0 Å². The standard InChI is InChI=1S/C31H29N7O2/c1-18(39)27-28(22-13-23-8-9-24(14-22)37(23)31(40)21-11-12-33-15-21)36-30-25(17-35-38(30)29(27)32)20-7-10-26(34-16-20)19-5-3-2-4-6-19/h2-7,10-12,15-17,22-24,33H,8-9,13-14,32H2,1H3/t22?,23-,24?/m1/s1. The second-order valence-electron chi connectivity index (χ2n) is 10.8. The Morgan fingerprint density at radius 3 is 2.40 bits per heavy atom. The number of nitrogens with one attached hydrogen (secondary N) is 1. The average molecular weight is 532 g/mol. The fourth-order valence-corrected chi connectivity index (χ4v) is 6.56. The van der Waals surface area contributed by atoms with Gasteiger partial charge in [0.1, 0.15) is 5.82 Å². The van der Waals surface area contributed by atoms with Crippen LogP contribution in [-0.2, 0) is 0 Å². The number of aromatic nitrogens is 5. The summed E-state index contributed by atoms with van der Waals surface area (Å²) in [6.45, 7) is 1.53. The molecule has 5 aromatic rings. The number of nitrogen functional groups attached to an aromatic ring is 1. The second-order valence-corrected chi connectivity index (χ2v) is 10.8. The van der Waals surface area contributed by atoms with E-state index in [-0.39, 0.29) is 29.7 Å². The number of anilines is 1. The molecule has 1 aromatic carbocycles. The number of hydrogen-bond acceptors (Lipinski definition) is 6. The van der Waals surface area contributed by atoms with Crippen LogP contribution in [0.4, 0.5) is 5.82 Å². The van der Waals surface area contributed by atoms with Crippen LogP contribution in [0.3, 0.4) is 0 Å². The molecule has 0 saturated carbocycles. The molecule has 3 N–H and O–H groups in total. The highest BCUT2D eigenvalue weighted by Gasteiger charge is 2.45. The number of ketones is 1. The van der Waals surface area contributed by atoms with Crippen molar-refractivity contribution in [2.75, 3.05) is 5.73 Å². The molecular formula is C31H29N7O2. The van der Waals surface area contributed by atoms with Crippen LogP contribution in [0.5, 0.6) is 0 Å². The molecule has 0 radical (unpaired) electrons. The van der Waals surface area contributed by atoms with Gasteiger partial charge in [0.15, 0.2) is 11.4 Å². The summed E-state index contributed by atoms with van der Waals surface area (Å²) in [6, 6.07) is 16.0. The van der Waals surface area contributed by atoms with Crippen molar-refractivity contribution in [3.63, 3.8) is 0 Å². The molecule has 9 nitrogen and oxygen atoms in total. The Bertz CT molecular complexity index is 1710. The number of H-pyrrole nitrogens is 1. The van der Waals surface area contributed by atoms with Crippen LogP contribution in [0.15, 0.2) is 73.3 Å². The highest BCUT2D eigenvalue weighted by atomic mass is 16.2. The Hall–Kier alpha value is -4.79. The molecule has 40 heavy (non-hydrogen) atoms. The maximum atomic E-state index is 13.2. The van der Waals surface area contributed by atoms with Crippen LogP contribution >= 0.6 is 0 Å². The van der Waals surface area contributed by atoms with Crippen LogP contribution in [0, 0.1) is 0 Å². The number of amides is 1. The van der Waals surface area contributed by atoms with Gasteiger partial charge in [0.25, 0.3) is 5.91 Å². The molecule has 2 saturated heterocycles. The number of piperidine rings is 1. The number of nitrogens with zero attached hydrogens (tertiary/aromatic N) is 5. The molecule has 200 valence electrons. The number of fused-ring (bicyclic) bond motifs is 3. The molecule has 0 aliphatic carbocycles. The lowest BCUT2D eigenvalue weighted by Gasteiger charge is -2.39. The third-order valence-corrected chi connectivity index (χ3v) is 8.41. The van der Waals surface area contributed by atoms with E-state index in [1.54, 1.807) is 23.1 Å². The molecule has 9 heteroatoms. The highest BCUT2D eigenvalue weighted by molar-refractivity contribution is 6.00. The van der Waals surface area contributed by atoms with Crippen molar-refractivity contribution in [1.29, 1.82) is 0 Å². The van der Waals surface area contributed by atoms with E-state index in [2.05, 4.69) is 15.1 Å². The molecule has 2 unspecified atom stereocenters. The number of carbonyl (C=O) groups excluding carboxylic acids is 2. The van der Waals surface area contributed by atoms with E-state index in [0.29, 0.717) is 28.3 Å². The first-order valence-corrected chi connectivity index (χ1v) is 13.6. The maximum absolute atomic E-state index is 13.2. The van der Waals surface area contributed by atoms with E-state index in [9.17, 15) is 9.59 Å². The molecule has 6 heterocycles. The number of hydrogen-bond donors (Lipinski definition) is 2. The van der Waals surface area contributed by atoms with Gasteiger partial charge < -0.3 is 15.6 Å². The van der Waals surface area contributed by atoms with Crippen molar-refractivity contribution < 1.29 is 9.59 Å². The smallest absolute Gasteiger partial charge is 0.255 e. The van der Waals surface area contributed by atoms with Crippen molar-refractivity contribution >= 4 is 23.2 Å². The minimum atomic E-state index is -0.133. The molecule has 2 fully saturated rings. The van der Waals surface area contributed by atoms with E-state index in [1.807, 2.05) is 59.6 Å². The number of carbonyl (C=O) groups is 2. The molecule has 2 aliphatic rings. The van der Waals surface area contributed by atoms with Crippen LogP contribution < -0.4 is 5.73 Å². The lowest BCUT2D eigenvalue weighted by Crippen LogP contribution is -2.46. The van der Waals surface area contributed by atoms with Gasteiger partial charge in [0.05, 0.1) is 28.7 Å². The first kappa shape index (κ1) is 24.3. The van der Waals surface area contributed by atoms with Crippen molar-refractivity contribution in [3.8, 4) is 22.4 Å². The molecule has 2 aliphatic heterocycles. The Labute approximate surface area is 231 Å². The summed E-state index contributed by atoms with van der Waals surface area (Å²) in [6.07, 6.45) is 10.5. The third kappa shape index (κ3) is 3.88. The number of aromatic amines is 1. The molecule has 2 bridgehead atoms. The first-order chi connectivity index (χ1) is 19.5. The molecule has 3 atom stereocenters. The Morgan fingerprint density at radius 1 is 0.975 bits per heavy atom. The number of rotatable bonds is 5. The minimum Gasteiger partial charge on any atom is -0.383 e. The Kier molecular flexibility index (Phi) is 5.73. The zero-order valence-electron chi connectivity index (χ0n) is 22.1. The molecular weight excluding hydrogens is 502 g/mol. The van der Waals surface area contributed by atoms with Gasteiger partial charge in [-0.3, -0.25) is 14.6 Å². The second kappa shape index (κ2) is 9.44. The molecule has 1 amide bonds. The monoisotopic (exact) mass is 531 g/mol. The van der Waals surface area contributed by atoms with Gasteiger partial charge >= 0.3 is 0 Å². The Balaban J connectivity index is 1.26. The highest BCUT2D eigenvalue weighted by Crippen LogP contribution is 2.45. The molecule has 7 rings (SSSR count). The summed E-state index contributed by atoms with van der Waals surface area (Å²) >= 11 is 0. The predicted molar refractivity (Wildman–Crippen MR) is 152 cm³/mol. The number of benzene rings is 1. The summed E-state index contributed by atoms with van der Waals surface area (Å²) < 4.78 is 1.56. The Morgan fingerprint density at radius 2 is 1.75 bits per heavy atom. The number of Topliss-reactive ketones (excluding diaryl/α,β-unsaturated/α-hetero) is 1. The minimum absolute atomic E-state index is 0.0142. The summed E-state index contributed by atoms with van der Waals surface area (Å²) in [5.74, 6) is 0.239. The van der Waals surface area contributed by atoms with Gasteiger partial charge in [0, 0.05) is 53.3 Å². The van der Waals surface area contributed by atoms with Crippen LogP contribution in [-0.4, -0.2) is 53.2 Å². The van der Waals surface area contributed by atoms with E-state index in [0.717, 1.165) is 48.1 Å². The van der Waals surface area contributed by atoms with Gasteiger partial charge in [-0.05, 0) is 44.7 Å². The number of pyridine rings is 1. The predicted octanol–water partition coefficient (Wildman–Crippen LogP) is 5.12. The van der Waals surface area contributed by atoms with Gasteiger partial charge in [-0.25, -0.2) is 4.98 Å². The summed E-state index contributed by atoms with van der Waals surface area (Å²) in [5, 5.41) is 4.50. The summed E-state index contributed by atoms with van der Waals surface area (Å²) in [7, 11) is 0. The summed E-state index contributed by atoms with van der Waals surface area (Å²) in [4.78, 5) is 40.9. The summed E-state index contributed by atoms with van der Waals surface area (Å²) in [5.41, 5.74) is 12.6. The largest absolute Gasteiger partial charge is 0.383 e. The van der Waals surface area contributed by atoms with Crippen molar-refractivity contribution in [1.82, 2.24) is 29.5 Å².